The monoisotopic (exact) mass is 392 g/mol. The molecule has 0 N–H and O–H groups in total. The lowest BCUT2D eigenvalue weighted by Gasteiger charge is -2.46. The van der Waals surface area contributed by atoms with Crippen molar-refractivity contribution in [1.29, 1.82) is 0 Å². The Morgan fingerprint density at radius 3 is 2.64 bits per heavy atom. The van der Waals surface area contributed by atoms with Crippen molar-refractivity contribution in [1.82, 2.24) is 19.6 Å². The number of hydrogen-bond donors (Lipinski definition) is 0. The maximum Gasteiger partial charge on any atom is 0.248 e. The summed E-state index contributed by atoms with van der Waals surface area (Å²) in [5.41, 5.74) is 1.69. The number of amides is 2. The quantitative estimate of drug-likeness (QED) is 0.751. The third kappa shape index (κ3) is 4.91. The zero-order valence-electron chi connectivity index (χ0n) is 17.4. The molecule has 1 aromatic rings. The maximum atomic E-state index is 12.7. The maximum absolute atomic E-state index is 12.7. The Bertz CT molecular complexity index is 707. The third-order valence-corrected chi connectivity index (χ3v) is 5.80. The van der Waals surface area contributed by atoms with E-state index in [1.807, 2.05) is 24.8 Å². The number of aromatic nitrogens is 2. The molecular weight excluding hydrogens is 360 g/mol. The molecule has 1 unspecified atom stereocenters. The number of carbonyl (C=O) groups excluding carboxylic acids is 2. The van der Waals surface area contributed by atoms with Crippen LogP contribution >= 0.6 is 0 Å². The van der Waals surface area contributed by atoms with Crippen molar-refractivity contribution >= 4 is 11.8 Å². The summed E-state index contributed by atoms with van der Waals surface area (Å²) in [5, 5.41) is 4.38. The number of piperidine rings is 1. The first-order valence-electron chi connectivity index (χ1n) is 10.0. The number of aryl methyl sites for hydroxylation is 2. The Labute approximate surface area is 166 Å². The summed E-state index contributed by atoms with van der Waals surface area (Å²) in [6, 6.07) is 1.98. The van der Waals surface area contributed by atoms with E-state index in [1.165, 1.54) is 0 Å². The van der Waals surface area contributed by atoms with E-state index in [0.717, 1.165) is 37.1 Å². The van der Waals surface area contributed by atoms with E-state index in [-0.39, 0.29) is 36.7 Å². The first-order valence-corrected chi connectivity index (χ1v) is 10.0. The van der Waals surface area contributed by atoms with Gasteiger partial charge >= 0.3 is 0 Å². The Hall–Kier alpha value is -1.93. The number of likely N-dealkylation sites (N-methyl/N-ethyl adjacent to an activating group) is 1. The Balaban J connectivity index is 1.50. The smallest absolute Gasteiger partial charge is 0.248 e. The molecule has 3 heterocycles. The number of likely N-dealkylation sites (tertiary alicyclic amines) is 1. The van der Waals surface area contributed by atoms with Crippen LogP contribution < -0.4 is 0 Å². The van der Waals surface area contributed by atoms with Gasteiger partial charge in [-0.25, -0.2) is 0 Å². The molecule has 0 saturated carbocycles. The van der Waals surface area contributed by atoms with Gasteiger partial charge in [0.15, 0.2) is 0 Å². The second-order valence-electron chi connectivity index (χ2n) is 8.21. The fourth-order valence-electron chi connectivity index (χ4n) is 4.02. The van der Waals surface area contributed by atoms with Crippen LogP contribution in [0.3, 0.4) is 0 Å². The Morgan fingerprint density at radius 1 is 1.32 bits per heavy atom. The molecule has 156 valence electrons. The standard InChI is InChI=1S/C20H32N4O4/c1-15-11-16(2)24(21-15)13-18(25)23-8-6-20(7-9-23)12-17(5-10-28-20)27-14-19(26)22(3)4/h11,17H,5-10,12-14H2,1-4H3. The number of rotatable bonds is 5. The van der Waals surface area contributed by atoms with Crippen LogP contribution in [0.25, 0.3) is 0 Å². The minimum absolute atomic E-state index is 0.0230. The van der Waals surface area contributed by atoms with Crippen LogP contribution in [0.15, 0.2) is 6.07 Å². The summed E-state index contributed by atoms with van der Waals surface area (Å²) in [5.74, 6) is 0.0753. The molecule has 0 aromatic carbocycles. The highest BCUT2D eigenvalue weighted by Gasteiger charge is 2.41. The lowest BCUT2D eigenvalue weighted by Crippen LogP contribution is -2.52. The van der Waals surface area contributed by atoms with E-state index in [9.17, 15) is 9.59 Å². The zero-order valence-corrected chi connectivity index (χ0v) is 17.4. The molecule has 2 amide bonds. The molecule has 2 aliphatic heterocycles. The zero-order chi connectivity index (χ0) is 20.3. The summed E-state index contributed by atoms with van der Waals surface area (Å²) >= 11 is 0. The van der Waals surface area contributed by atoms with Crippen LogP contribution in [0.2, 0.25) is 0 Å². The molecular formula is C20H32N4O4. The summed E-state index contributed by atoms with van der Waals surface area (Å²) in [4.78, 5) is 27.9. The van der Waals surface area contributed by atoms with Gasteiger partial charge in [0.05, 0.1) is 17.4 Å². The van der Waals surface area contributed by atoms with Crippen LogP contribution in [0.5, 0.6) is 0 Å². The van der Waals surface area contributed by atoms with Gasteiger partial charge < -0.3 is 19.3 Å². The summed E-state index contributed by atoms with van der Waals surface area (Å²) in [6.07, 6.45) is 3.24. The number of carbonyl (C=O) groups is 2. The van der Waals surface area contributed by atoms with Gasteiger partial charge in [0.1, 0.15) is 13.2 Å². The third-order valence-electron chi connectivity index (χ3n) is 5.80. The molecule has 0 aliphatic carbocycles. The Kier molecular flexibility index (Phi) is 6.40. The van der Waals surface area contributed by atoms with Gasteiger partial charge in [-0.15, -0.1) is 0 Å². The summed E-state index contributed by atoms with van der Waals surface area (Å²) in [7, 11) is 3.46. The van der Waals surface area contributed by atoms with Crippen LogP contribution in [-0.4, -0.2) is 83.5 Å². The van der Waals surface area contributed by atoms with E-state index in [0.29, 0.717) is 19.7 Å². The van der Waals surface area contributed by atoms with Gasteiger partial charge in [-0.05, 0) is 39.2 Å². The predicted molar refractivity (Wildman–Crippen MR) is 104 cm³/mol. The molecule has 28 heavy (non-hydrogen) atoms. The number of ether oxygens (including phenoxy) is 2. The van der Waals surface area contributed by atoms with Crippen molar-refractivity contribution in [2.24, 2.45) is 0 Å². The molecule has 2 saturated heterocycles. The summed E-state index contributed by atoms with van der Waals surface area (Å²) in [6.45, 7) is 6.30. The molecule has 2 aliphatic rings. The van der Waals surface area contributed by atoms with Crippen molar-refractivity contribution in [2.45, 2.75) is 57.8 Å². The van der Waals surface area contributed by atoms with E-state index < -0.39 is 0 Å². The van der Waals surface area contributed by atoms with Gasteiger partial charge in [-0.2, -0.15) is 5.10 Å². The molecule has 3 rings (SSSR count). The lowest BCUT2D eigenvalue weighted by atomic mass is 9.83. The van der Waals surface area contributed by atoms with E-state index >= 15 is 0 Å². The van der Waals surface area contributed by atoms with Gasteiger partial charge in [-0.3, -0.25) is 14.3 Å². The molecule has 1 atom stereocenters. The average Bonchev–Trinajstić information content (AvgIpc) is 2.97. The van der Waals surface area contributed by atoms with Crippen LogP contribution in [0.1, 0.15) is 37.1 Å². The first-order chi connectivity index (χ1) is 13.3. The minimum atomic E-state index is -0.237. The molecule has 8 nitrogen and oxygen atoms in total. The van der Waals surface area contributed by atoms with Gasteiger partial charge in [-0.1, -0.05) is 0 Å². The molecule has 8 heteroatoms. The van der Waals surface area contributed by atoms with Crippen molar-refractivity contribution in [3.63, 3.8) is 0 Å². The van der Waals surface area contributed by atoms with E-state index in [2.05, 4.69) is 5.10 Å². The van der Waals surface area contributed by atoms with Crippen molar-refractivity contribution in [2.75, 3.05) is 40.4 Å². The fraction of sp³-hybridized carbons (Fsp3) is 0.750. The highest BCUT2D eigenvalue weighted by molar-refractivity contribution is 5.77. The van der Waals surface area contributed by atoms with Gasteiger partial charge in [0, 0.05) is 45.9 Å². The molecule has 0 bridgehead atoms. The van der Waals surface area contributed by atoms with Crippen LogP contribution in [0, 0.1) is 13.8 Å². The lowest BCUT2D eigenvalue weighted by molar-refractivity contribution is -0.166. The largest absolute Gasteiger partial charge is 0.375 e. The predicted octanol–water partition coefficient (Wildman–Crippen LogP) is 1.14. The van der Waals surface area contributed by atoms with Gasteiger partial charge in [0.25, 0.3) is 0 Å². The number of nitrogens with zero attached hydrogens (tertiary/aromatic N) is 4. The fourth-order valence-corrected chi connectivity index (χ4v) is 4.02. The minimum Gasteiger partial charge on any atom is -0.375 e. The van der Waals surface area contributed by atoms with Crippen molar-refractivity contribution in [3.05, 3.63) is 17.5 Å². The van der Waals surface area contributed by atoms with Crippen LogP contribution in [-0.2, 0) is 25.6 Å². The topological polar surface area (TPSA) is 76.9 Å². The van der Waals surface area contributed by atoms with E-state index in [1.54, 1.807) is 23.7 Å². The normalized spacial score (nSPS) is 21.7. The molecule has 1 spiro atoms. The van der Waals surface area contributed by atoms with Crippen LogP contribution in [0.4, 0.5) is 0 Å². The van der Waals surface area contributed by atoms with Gasteiger partial charge in [0.2, 0.25) is 11.8 Å². The van der Waals surface area contributed by atoms with Crippen molar-refractivity contribution < 1.29 is 19.1 Å². The van der Waals surface area contributed by atoms with E-state index in [4.69, 9.17) is 9.47 Å². The second kappa shape index (κ2) is 8.61. The molecule has 1 aromatic heterocycles. The second-order valence-corrected chi connectivity index (χ2v) is 8.21. The summed E-state index contributed by atoms with van der Waals surface area (Å²) < 4.78 is 13.7. The highest BCUT2D eigenvalue weighted by Crippen LogP contribution is 2.36. The highest BCUT2D eigenvalue weighted by atomic mass is 16.5. The Morgan fingerprint density at radius 2 is 2.04 bits per heavy atom. The van der Waals surface area contributed by atoms with Crippen molar-refractivity contribution in [3.8, 4) is 0 Å². The first kappa shape index (κ1) is 20.8. The molecule has 2 fully saturated rings. The SMILES string of the molecule is Cc1cc(C)n(CC(=O)N2CCC3(CC2)CC(OCC(=O)N(C)C)CCO3)n1. The number of hydrogen-bond acceptors (Lipinski definition) is 5. The molecule has 0 radical (unpaired) electrons. The average molecular weight is 393 g/mol.